The maximum Gasteiger partial charge on any atom is 0.211 e. The number of thioether (sulfide) groups is 1. The molecule has 0 atom stereocenters. The van der Waals surface area contributed by atoms with Crippen molar-refractivity contribution in [3.05, 3.63) is 57.6 Å². The second kappa shape index (κ2) is 7.95. The summed E-state index contributed by atoms with van der Waals surface area (Å²) in [6.45, 7) is 20.8. The molecule has 2 aromatic rings. The standard InChI is InChI=1S/C27H38NS/c1-10-26(6,7)22-14-21-16-28(24-19(4)12-18(3)13-20(24)5)17-29-25(21)23(15-22)27(8,9)11-2/h12-16H,10-11,17H2,1-9H3/q+1. The van der Waals surface area contributed by atoms with Crippen LogP contribution in [0.25, 0.3) is 0 Å². The van der Waals surface area contributed by atoms with Crippen LogP contribution in [0.5, 0.6) is 0 Å². The number of hydrogen-bond acceptors (Lipinski definition) is 1. The molecule has 1 aliphatic rings. The summed E-state index contributed by atoms with van der Waals surface area (Å²) in [4.78, 5) is 1.48. The lowest BCUT2D eigenvalue weighted by atomic mass is 9.75. The van der Waals surface area contributed by atoms with Crippen molar-refractivity contribution in [3.8, 4) is 0 Å². The van der Waals surface area contributed by atoms with E-state index >= 15 is 0 Å². The SMILES string of the molecule is CCC(C)(C)c1cc2c(c(C(C)(C)CC)c1)SC[N+](c1c(C)cc(C)cc1C)=C2. The van der Waals surface area contributed by atoms with Crippen molar-refractivity contribution in [2.75, 3.05) is 5.88 Å². The highest BCUT2D eigenvalue weighted by atomic mass is 32.2. The van der Waals surface area contributed by atoms with Gasteiger partial charge in [-0.05, 0) is 73.8 Å². The lowest BCUT2D eigenvalue weighted by Gasteiger charge is -2.32. The minimum absolute atomic E-state index is 0.183. The average Bonchev–Trinajstić information content (AvgIpc) is 2.66. The molecule has 0 fully saturated rings. The third-order valence-electron chi connectivity index (χ3n) is 6.96. The quantitative estimate of drug-likeness (QED) is 0.456. The molecule has 2 aromatic carbocycles. The highest BCUT2D eigenvalue weighted by molar-refractivity contribution is 7.99. The van der Waals surface area contributed by atoms with Crippen molar-refractivity contribution in [1.29, 1.82) is 0 Å². The number of fused-ring (bicyclic) bond motifs is 1. The van der Waals surface area contributed by atoms with Crippen LogP contribution in [0, 0.1) is 20.8 Å². The fourth-order valence-corrected chi connectivity index (χ4v) is 5.53. The Bertz CT molecular complexity index is 940. The minimum Gasteiger partial charge on any atom is -0.188 e. The van der Waals surface area contributed by atoms with Crippen LogP contribution >= 0.6 is 11.8 Å². The summed E-state index contributed by atoms with van der Waals surface area (Å²) in [6.07, 6.45) is 4.70. The zero-order chi connectivity index (χ0) is 21.6. The topological polar surface area (TPSA) is 3.01 Å². The van der Waals surface area contributed by atoms with Crippen LogP contribution in [0.4, 0.5) is 5.69 Å². The molecule has 0 saturated heterocycles. The highest BCUT2D eigenvalue weighted by Crippen LogP contribution is 2.42. The second-order valence-corrected chi connectivity index (χ2v) is 11.0. The van der Waals surface area contributed by atoms with E-state index in [4.69, 9.17) is 0 Å². The van der Waals surface area contributed by atoms with Crippen molar-refractivity contribution in [3.63, 3.8) is 0 Å². The number of nitrogens with zero attached hydrogens (tertiary/aromatic N) is 1. The van der Waals surface area contributed by atoms with Gasteiger partial charge in [0.2, 0.25) is 5.69 Å². The predicted molar refractivity (Wildman–Crippen MR) is 130 cm³/mol. The van der Waals surface area contributed by atoms with Crippen LogP contribution < -0.4 is 0 Å². The molecule has 2 heteroatoms. The summed E-state index contributed by atoms with van der Waals surface area (Å²) in [6, 6.07) is 9.56. The first-order valence-corrected chi connectivity index (χ1v) is 12.0. The molecule has 0 bridgehead atoms. The van der Waals surface area contributed by atoms with Gasteiger partial charge >= 0.3 is 0 Å². The van der Waals surface area contributed by atoms with E-state index in [0.29, 0.717) is 0 Å². The molecule has 3 rings (SSSR count). The third kappa shape index (κ3) is 4.19. The summed E-state index contributed by atoms with van der Waals surface area (Å²) >= 11 is 2.00. The summed E-state index contributed by atoms with van der Waals surface area (Å²) < 4.78 is 2.46. The van der Waals surface area contributed by atoms with Crippen LogP contribution in [0.15, 0.2) is 29.2 Å². The zero-order valence-electron chi connectivity index (χ0n) is 19.9. The maximum absolute atomic E-state index is 2.50. The lowest BCUT2D eigenvalue weighted by molar-refractivity contribution is -0.412. The molecule has 29 heavy (non-hydrogen) atoms. The predicted octanol–water partition coefficient (Wildman–Crippen LogP) is 7.81. The van der Waals surface area contributed by atoms with Gasteiger partial charge in [-0.3, -0.25) is 0 Å². The molecule has 1 nitrogen and oxygen atoms in total. The summed E-state index contributed by atoms with van der Waals surface area (Å²) in [5, 5.41) is 0. The monoisotopic (exact) mass is 408 g/mol. The molecular formula is C27H38NS+. The molecule has 0 spiro atoms. The van der Waals surface area contributed by atoms with Gasteiger partial charge in [0, 0.05) is 16.0 Å². The van der Waals surface area contributed by atoms with E-state index in [0.717, 1.165) is 18.7 Å². The Kier molecular flexibility index (Phi) is 6.07. The van der Waals surface area contributed by atoms with Gasteiger partial charge in [0.25, 0.3) is 0 Å². The zero-order valence-corrected chi connectivity index (χ0v) is 20.7. The average molecular weight is 409 g/mol. The van der Waals surface area contributed by atoms with Crippen molar-refractivity contribution < 1.29 is 4.58 Å². The normalized spacial score (nSPS) is 14.6. The Morgan fingerprint density at radius 2 is 1.45 bits per heavy atom. The Morgan fingerprint density at radius 1 is 0.862 bits per heavy atom. The maximum atomic E-state index is 2.50. The van der Waals surface area contributed by atoms with Gasteiger partial charge < -0.3 is 0 Å². The van der Waals surface area contributed by atoms with Gasteiger partial charge in [-0.1, -0.05) is 64.9 Å². The summed E-state index contributed by atoms with van der Waals surface area (Å²) in [5.74, 6) is 0.973. The number of aryl methyl sites for hydroxylation is 3. The number of benzene rings is 2. The van der Waals surface area contributed by atoms with Crippen molar-refractivity contribution >= 4 is 23.7 Å². The van der Waals surface area contributed by atoms with Crippen LogP contribution in [0.1, 0.15) is 87.8 Å². The minimum atomic E-state index is 0.183. The smallest absolute Gasteiger partial charge is 0.188 e. The van der Waals surface area contributed by atoms with E-state index in [2.05, 4.69) is 97.4 Å². The number of hydrogen-bond donors (Lipinski definition) is 0. The first-order chi connectivity index (χ1) is 13.5. The van der Waals surface area contributed by atoms with Gasteiger partial charge in [-0.15, -0.1) is 0 Å². The van der Waals surface area contributed by atoms with E-state index in [1.807, 2.05) is 11.8 Å². The Balaban J connectivity index is 2.24. The van der Waals surface area contributed by atoms with Gasteiger partial charge in [-0.2, -0.15) is 4.58 Å². The van der Waals surface area contributed by atoms with Gasteiger partial charge in [0.1, 0.15) is 0 Å². The Hall–Kier alpha value is -1.54. The van der Waals surface area contributed by atoms with E-state index in [1.165, 1.54) is 44.0 Å². The fourth-order valence-electron chi connectivity index (χ4n) is 4.29. The molecule has 1 aliphatic heterocycles. The van der Waals surface area contributed by atoms with Crippen LogP contribution in [0.3, 0.4) is 0 Å². The van der Waals surface area contributed by atoms with Crippen LogP contribution in [0.2, 0.25) is 0 Å². The molecule has 0 unspecified atom stereocenters. The first-order valence-electron chi connectivity index (χ1n) is 11.0. The van der Waals surface area contributed by atoms with Crippen molar-refractivity contribution in [2.45, 2.75) is 90.9 Å². The molecule has 0 saturated carbocycles. The fraction of sp³-hybridized carbons (Fsp3) is 0.519. The van der Waals surface area contributed by atoms with Crippen LogP contribution in [-0.2, 0) is 10.8 Å². The molecular weight excluding hydrogens is 370 g/mol. The van der Waals surface area contributed by atoms with E-state index < -0.39 is 0 Å². The van der Waals surface area contributed by atoms with E-state index in [-0.39, 0.29) is 10.8 Å². The third-order valence-corrected chi connectivity index (χ3v) is 8.11. The molecule has 0 aromatic heterocycles. The molecule has 0 radical (unpaired) electrons. The van der Waals surface area contributed by atoms with Crippen molar-refractivity contribution in [1.82, 2.24) is 0 Å². The molecule has 0 aliphatic carbocycles. The lowest BCUT2D eigenvalue weighted by Crippen LogP contribution is -2.24. The second-order valence-electron chi connectivity index (χ2n) is 10.0. The Morgan fingerprint density at radius 3 is 2.00 bits per heavy atom. The van der Waals surface area contributed by atoms with E-state index in [1.54, 1.807) is 0 Å². The molecule has 0 amide bonds. The Labute approximate surface area is 182 Å². The van der Waals surface area contributed by atoms with Gasteiger partial charge in [0.15, 0.2) is 12.1 Å². The summed E-state index contributed by atoms with van der Waals surface area (Å²) in [7, 11) is 0. The first kappa shape index (κ1) is 22.2. The van der Waals surface area contributed by atoms with E-state index in [9.17, 15) is 0 Å². The van der Waals surface area contributed by atoms with Crippen molar-refractivity contribution in [2.24, 2.45) is 0 Å². The molecule has 156 valence electrons. The summed E-state index contributed by atoms with van der Waals surface area (Å²) in [5.41, 5.74) is 10.2. The largest absolute Gasteiger partial charge is 0.211 e. The number of rotatable bonds is 5. The van der Waals surface area contributed by atoms with Gasteiger partial charge in [0.05, 0.1) is 5.56 Å². The molecule has 1 heterocycles. The van der Waals surface area contributed by atoms with Gasteiger partial charge in [-0.25, -0.2) is 0 Å². The van der Waals surface area contributed by atoms with Crippen LogP contribution in [-0.4, -0.2) is 16.7 Å². The highest BCUT2D eigenvalue weighted by Gasteiger charge is 2.32. The molecule has 0 N–H and O–H groups in total.